The normalized spacial score (nSPS) is 12.9. The number of para-hydroxylation sites is 1. The Morgan fingerprint density at radius 3 is 2.42 bits per heavy atom. The minimum absolute atomic E-state index is 0.0547. The SMILES string of the molecule is CO[C@](C)(CNC(=O)C(=O)Nc1ccccc1SC)c1ccccc1F. The monoisotopic (exact) mass is 376 g/mol. The fourth-order valence-corrected chi connectivity index (χ4v) is 2.98. The van der Waals surface area contributed by atoms with Gasteiger partial charge in [-0.1, -0.05) is 30.3 Å². The predicted molar refractivity (Wildman–Crippen MR) is 101 cm³/mol. The molecule has 2 aromatic carbocycles. The number of rotatable bonds is 6. The van der Waals surface area contributed by atoms with Gasteiger partial charge in [0.1, 0.15) is 11.4 Å². The zero-order valence-electron chi connectivity index (χ0n) is 14.8. The molecule has 2 N–H and O–H groups in total. The lowest BCUT2D eigenvalue weighted by Crippen LogP contribution is -2.44. The third kappa shape index (κ3) is 4.62. The van der Waals surface area contributed by atoms with Crippen molar-refractivity contribution < 1.29 is 18.7 Å². The highest BCUT2D eigenvalue weighted by Gasteiger charge is 2.30. The van der Waals surface area contributed by atoms with Crippen LogP contribution < -0.4 is 10.6 Å². The molecule has 0 bridgehead atoms. The summed E-state index contributed by atoms with van der Waals surface area (Å²) in [7, 11) is 1.42. The first kappa shape index (κ1) is 19.9. The average molecular weight is 376 g/mol. The molecule has 0 heterocycles. The number of carbonyl (C=O) groups is 2. The summed E-state index contributed by atoms with van der Waals surface area (Å²) in [5, 5.41) is 5.09. The smallest absolute Gasteiger partial charge is 0.313 e. The Bertz CT molecular complexity index is 800. The first-order valence-electron chi connectivity index (χ1n) is 7.93. The fourth-order valence-electron chi connectivity index (χ4n) is 2.42. The molecule has 0 fully saturated rings. The number of nitrogens with one attached hydrogen (secondary N) is 2. The molecular formula is C19H21FN2O3S. The number of methoxy groups -OCH3 is 1. The summed E-state index contributed by atoms with van der Waals surface area (Å²) >= 11 is 1.46. The third-order valence-corrected chi connectivity index (χ3v) is 4.84. The van der Waals surface area contributed by atoms with Crippen molar-refractivity contribution in [1.29, 1.82) is 0 Å². The maximum atomic E-state index is 14.1. The van der Waals surface area contributed by atoms with Gasteiger partial charge in [0.05, 0.1) is 12.2 Å². The number of amides is 2. The quantitative estimate of drug-likeness (QED) is 0.600. The lowest BCUT2D eigenvalue weighted by atomic mass is 9.95. The maximum absolute atomic E-state index is 14.1. The van der Waals surface area contributed by atoms with E-state index in [0.29, 0.717) is 11.3 Å². The number of hydrogen-bond donors (Lipinski definition) is 2. The molecule has 0 unspecified atom stereocenters. The van der Waals surface area contributed by atoms with Gasteiger partial charge in [-0.2, -0.15) is 0 Å². The van der Waals surface area contributed by atoms with Crippen LogP contribution in [-0.2, 0) is 19.9 Å². The summed E-state index contributed by atoms with van der Waals surface area (Å²) in [6.07, 6.45) is 1.88. The summed E-state index contributed by atoms with van der Waals surface area (Å²) in [6, 6.07) is 13.3. The van der Waals surface area contributed by atoms with Gasteiger partial charge in [0.2, 0.25) is 0 Å². The molecule has 2 rings (SSSR count). The number of halogens is 1. The molecule has 26 heavy (non-hydrogen) atoms. The van der Waals surface area contributed by atoms with Crippen LogP contribution in [0.5, 0.6) is 0 Å². The Kier molecular flexibility index (Phi) is 6.76. The Morgan fingerprint density at radius 2 is 1.77 bits per heavy atom. The van der Waals surface area contributed by atoms with E-state index in [4.69, 9.17) is 4.74 Å². The van der Waals surface area contributed by atoms with Crippen LogP contribution >= 0.6 is 11.8 Å². The first-order valence-corrected chi connectivity index (χ1v) is 9.16. The van der Waals surface area contributed by atoms with Crippen molar-refractivity contribution in [3.63, 3.8) is 0 Å². The Labute approximate surface area is 156 Å². The van der Waals surface area contributed by atoms with Crippen LogP contribution in [0.2, 0.25) is 0 Å². The van der Waals surface area contributed by atoms with Crippen molar-refractivity contribution in [2.24, 2.45) is 0 Å². The molecule has 0 saturated heterocycles. The van der Waals surface area contributed by atoms with Gasteiger partial charge in [0.15, 0.2) is 0 Å². The summed E-state index contributed by atoms with van der Waals surface area (Å²) < 4.78 is 19.5. The highest BCUT2D eigenvalue weighted by atomic mass is 32.2. The second kappa shape index (κ2) is 8.82. The minimum atomic E-state index is -1.10. The van der Waals surface area contributed by atoms with Gasteiger partial charge in [-0.25, -0.2) is 4.39 Å². The first-order chi connectivity index (χ1) is 12.4. The van der Waals surface area contributed by atoms with E-state index in [1.165, 1.54) is 24.9 Å². The van der Waals surface area contributed by atoms with Crippen LogP contribution in [0.3, 0.4) is 0 Å². The van der Waals surface area contributed by atoms with E-state index in [1.54, 1.807) is 37.3 Å². The van der Waals surface area contributed by atoms with Crippen molar-refractivity contribution in [2.75, 3.05) is 25.2 Å². The van der Waals surface area contributed by atoms with Crippen molar-refractivity contribution in [2.45, 2.75) is 17.4 Å². The minimum Gasteiger partial charge on any atom is -0.372 e. The van der Waals surface area contributed by atoms with Crippen LogP contribution in [-0.4, -0.2) is 31.7 Å². The van der Waals surface area contributed by atoms with E-state index in [1.807, 2.05) is 18.4 Å². The molecule has 7 heteroatoms. The summed E-state index contributed by atoms with van der Waals surface area (Å²) in [5.74, 6) is -2.05. The maximum Gasteiger partial charge on any atom is 0.313 e. The number of hydrogen-bond acceptors (Lipinski definition) is 4. The molecule has 5 nitrogen and oxygen atoms in total. The number of benzene rings is 2. The second-order valence-corrected chi connectivity index (χ2v) is 6.60. The van der Waals surface area contributed by atoms with Gasteiger partial charge < -0.3 is 15.4 Å². The Hall–Kier alpha value is -2.38. The lowest BCUT2D eigenvalue weighted by Gasteiger charge is -2.29. The van der Waals surface area contributed by atoms with Crippen molar-refractivity contribution >= 4 is 29.3 Å². The second-order valence-electron chi connectivity index (χ2n) is 5.75. The van der Waals surface area contributed by atoms with Gasteiger partial charge in [0, 0.05) is 17.6 Å². The molecule has 138 valence electrons. The molecule has 0 aromatic heterocycles. The van der Waals surface area contributed by atoms with Crippen molar-refractivity contribution in [3.05, 3.63) is 59.9 Å². The van der Waals surface area contributed by atoms with E-state index >= 15 is 0 Å². The average Bonchev–Trinajstić information content (AvgIpc) is 2.66. The van der Waals surface area contributed by atoms with E-state index < -0.39 is 23.2 Å². The Morgan fingerprint density at radius 1 is 1.12 bits per heavy atom. The zero-order chi connectivity index (χ0) is 19.2. The topological polar surface area (TPSA) is 67.4 Å². The molecular weight excluding hydrogens is 355 g/mol. The number of ether oxygens (including phenoxy) is 1. The summed E-state index contributed by atoms with van der Waals surface area (Å²) in [6.45, 7) is 1.59. The van der Waals surface area contributed by atoms with Crippen molar-refractivity contribution in [1.82, 2.24) is 5.32 Å². The summed E-state index contributed by atoms with van der Waals surface area (Å²) in [5.41, 5.74) is -0.238. The molecule has 0 aliphatic rings. The van der Waals surface area contributed by atoms with E-state index in [0.717, 1.165) is 4.90 Å². The van der Waals surface area contributed by atoms with Gasteiger partial charge in [-0.3, -0.25) is 9.59 Å². The van der Waals surface area contributed by atoms with Gasteiger partial charge in [-0.15, -0.1) is 11.8 Å². The molecule has 0 spiro atoms. The van der Waals surface area contributed by atoms with Crippen LogP contribution in [0.25, 0.3) is 0 Å². The van der Waals surface area contributed by atoms with Crippen LogP contribution in [0.1, 0.15) is 12.5 Å². The van der Waals surface area contributed by atoms with Crippen molar-refractivity contribution in [3.8, 4) is 0 Å². The van der Waals surface area contributed by atoms with E-state index in [-0.39, 0.29) is 6.54 Å². The Balaban J connectivity index is 2.04. The largest absolute Gasteiger partial charge is 0.372 e. The van der Waals surface area contributed by atoms with Gasteiger partial charge in [0.25, 0.3) is 0 Å². The number of thioether (sulfide) groups is 1. The summed E-state index contributed by atoms with van der Waals surface area (Å²) in [4.78, 5) is 25.1. The fraction of sp³-hybridized carbons (Fsp3) is 0.263. The lowest BCUT2D eigenvalue weighted by molar-refractivity contribution is -0.137. The predicted octanol–water partition coefficient (Wildman–Crippen LogP) is 3.16. The molecule has 2 amide bonds. The molecule has 2 aromatic rings. The molecule has 0 aliphatic heterocycles. The molecule has 1 atom stereocenters. The van der Waals surface area contributed by atoms with Gasteiger partial charge >= 0.3 is 11.8 Å². The zero-order valence-corrected chi connectivity index (χ0v) is 15.7. The number of carbonyl (C=O) groups excluding carboxylic acids is 2. The molecule has 0 saturated carbocycles. The molecule has 0 aliphatic carbocycles. The number of anilines is 1. The van der Waals surface area contributed by atoms with Crippen LogP contribution in [0.15, 0.2) is 53.4 Å². The van der Waals surface area contributed by atoms with E-state index in [9.17, 15) is 14.0 Å². The molecule has 0 radical (unpaired) electrons. The standard InChI is InChI=1S/C19H21FN2O3S/c1-19(25-2,13-8-4-5-9-14(13)20)12-21-17(23)18(24)22-15-10-6-7-11-16(15)26-3/h4-11H,12H2,1-3H3,(H,21,23)(H,22,24)/t19-/m1/s1. The van der Waals surface area contributed by atoms with Gasteiger partial charge in [-0.05, 0) is 31.4 Å². The highest BCUT2D eigenvalue weighted by molar-refractivity contribution is 7.98. The third-order valence-electron chi connectivity index (χ3n) is 4.04. The van der Waals surface area contributed by atoms with Crippen LogP contribution in [0, 0.1) is 5.82 Å². The van der Waals surface area contributed by atoms with E-state index in [2.05, 4.69) is 10.6 Å². The highest BCUT2D eigenvalue weighted by Crippen LogP contribution is 2.26. The van der Waals surface area contributed by atoms with Crippen LogP contribution in [0.4, 0.5) is 10.1 Å².